The molecule has 1 fully saturated rings. The van der Waals surface area contributed by atoms with Crippen molar-refractivity contribution in [3.63, 3.8) is 0 Å². The number of benzene rings is 4. The van der Waals surface area contributed by atoms with E-state index in [0.29, 0.717) is 13.2 Å². The summed E-state index contributed by atoms with van der Waals surface area (Å²) < 4.78 is 13.6. The first-order chi connectivity index (χ1) is 21.7. The van der Waals surface area contributed by atoms with Crippen molar-refractivity contribution >= 4 is 0 Å². The summed E-state index contributed by atoms with van der Waals surface area (Å²) in [4.78, 5) is 0. The van der Waals surface area contributed by atoms with Crippen molar-refractivity contribution in [3.8, 4) is 33.8 Å². The van der Waals surface area contributed by atoms with Crippen LogP contribution in [0.3, 0.4) is 0 Å². The Morgan fingerprint density at radius 2 is 0.932 bits per heavy atom. The fraction of sp³-hybridized carbons (Fsp3) is 0.429. The second-order valence-electron chi connectivity index (χ2n) is 14.1. The number of ether oxygens (including phenoxy) is 2. The van der Waals surface area contributed by atoms with Crippen LogP contribution >= 0.6 is 0 Å². The van der Waals surface area contributed by atoms with Crippen molar-refractivity contribution < 1.29 is 9.47 Å². The molecule has 226 valence electrons. The first-order valence-electron chi connectivity index (χ1n) is 17.5. The van der Waals surface area contributed by atoms with Gasteiger partial charge in [0.05, 0.1) is 19.1 Å². The van der Waals surface area contributed by atoms with Crippen LogP contribution in [0.15, 0.2) is 72.8 Å². The quantitative estimate of drug-likeness (QED) is 0.239. The van der Waals surface area contributed by atoms with Crippen LogP contribution in [-0.2, 0) is 25.7 Å². The van der Waals surface area contributed by atoms with E-state index in [-0.39, 0.29) is 5.92 Å². The maximum Gasteiger partial charge on any atom is 0.127 e. The first kappa shape index (κ1) is 28.0. The Morgan fingerprint density at radius 1 is 0.477 bits per heavy atom. The van der Waals surface area contributed by atoms with Gasteiger partial charge in [0, 0.05) is 11.1 Å². The van der Waals surface area contributed by atoms with Crippen LogP contribution in [0.25, 0.3) is 22.3 Å². The van der Waals surface area contributed by atoms with E-state index < -0.39 is 0 Å². The van der Waals surface area contributed by atoms with Crippen LogP contribution in [0.5, 0.6) is 11.5 Å². The van der Waals surface area contributed by atoms with Gasteiger partial charge >= 0.3 is 0 Å². The fourth-order valence-electron chi connectivity index (χ4n) is 8.51. The van der Waals surface area contributed by atoms with E-state index in [4.69, 9.17) is 9.47 Å². The minimum absolute atomic E-state index is 0.158. The van der Waals surface area contributed by atoms with Gasteiger partial charge in [0.1, 0.15) is 11.5 Å². The minimum atomic E-state index is 0.158. The number of rotatable bonds is 3. The Labute approximate surface area is 263 Å². The molecule has 0 saturated heterocycles. The zero-order valence-electron chi connectivity index (χ0n) is 26.4. The molecule has 4 aliphatic rings. The van der Waals surface area contributed by atoms with E-state index in [1.54, 1.807) is 0 Å². The molecular weight excluding hydrogens is 536 g/mol. The van der Waals surface area contributed by atoms with Crippen molar-refractivity contribution in [2.45, 2.75) is 95.8 Å². The molecule has 0 aromatic heterocycles. The molecule has 0 atom stereocenters. The Bertz CT molecular complexity index is 1550. The van der Waals surface area contributed by atoms with Gasteiger partial charge in [-0.05, 0) is 133 Å². The van der Waals surface area contributed by atoms with Gasteiger partial charge in [-0.15, -0.1) is 0 Å². The van der Waals surface area contributed by atoms with Crippen molar-refractivity contribution in [1.29, 1.82) is 0 Å². The second kappa shape index (κ2) is 12.1. The lowest BCUT2D eigenvalue weighted by Crippen LogP contribution is -2.17. The van der Waals surface area contributed by atoms with Crippen LogP contribution < -0.4 is 9.47 Å². The van der Waals surface area contributed by atoms with Crippen molar-refractivity contribution in [3.05, 3.63) is 106 Å². The molecule has 0 bridgehead atoms. The van der Waals surface area contributed by atoms with Gasteiger partial charge in [-0.2, -0.15) is 0 Å². The molecule has 1 saturated carbocycles. The molecule has 1 aliphatic heterocycles. The van der Waals surface area contributed by atoms with Crippen LogP contribution in [0, 0.1) is 5.92 Å². The van der Waals surface area contributed by atoms with E-state index in [1.165, 1.54) is 120 Å². The highest BCUT2D eigenvalue weighted by Crippen LogP contribution is 2.48. The summed E-state index contributed by atoms with van der Waals surface area (Å²) in [5.41, 5.74) is 14.0. The van der Waals surface area contributed by atoms with Gasteiger partial charge in [-0.25, -0.2) is 0 Å². The monoisotopic (exact) mass is 582 g/mol. The zero-order valence-corrected chi connectivity index (χ0v) is 26.4. The van der Waals surface area contributed by atoms with Gasteiger partial charge < -0.3 is 9.47 Å². The second-order valence-corrected chi connectivity index (χ2v) is 14.1. The molecule has 3 aliphatic carbocycles. The van der Waals surface area contributed by atoms with E-state index in [9.17, 15) is 0 Å². The highest BCUT2D eigenvalue weighted by molar-refractivity contribution is 5.84. The Balaban J connectivity index is 1.08. The standard InChI is InChI=1S/C42H46O2/c1-28-10-12-29(13-11-28)30-14-16-31(17-15-30)32-18-20-33(21-19-32)36-26-43-39-24-22-34-6-2-4-8-37(34)41(39)42-38-9-5-3-7-35(38)23-25-40(42)44-27-36/h14-25,28-29,36H,2-13,26-27H2,1H3. The SMILES string of the molecule is CC1CCC(c2ccc(-c3ccc(C4COc5ccc6c(c5-c5c(ccc7c5CCCC7)OC4)CCCC6)cc3)cc2)CC1. The molecule has 1 heterocycles. The molecule has 0 amide bonds. The van der Waals surface area contributed by atoms with Crippen molar-refractivity contribution in [2.75, 3.05) is 13.2 Å². The maximum absolute atomic E-state index is 6.80. The summed E-state index contributed by atoms with van der Waals surface area (Å²) in [6.45, 7) is 3.64. The lowest BCUT2D eigenvalue weighted by molar-refractivity contribution is 0.223. The molecular formula is C42H46O2. The maximum atomic E-state index is 6.80. The van der Waals surface area contributed by atoms with Crippen LogP contribution in [0.2, 0.25) is 0 Å². The average Bonchev–Trinajstić information content (AvgIpc) is 3.17. The normalized spacial score (nSPS) is 21.7. The van der Waals surface area contributed by atoms with Crippen molar-refractivity contribution in [2.24, 2.45) is 5.92 Å². The molecule has 2 heteroatoms. The number of fused-ring (bicyclic) bond motifs is 7. The van der Waals surface area contributed by atoms with E-state index >= 15 is 0 Å². The average molecular weight is 583 g/mol. The topological polar surface area (TPSA) is 18.5 Å². The number of aryl methyl sites for hydroxylation is 2. The minimum Gasteiger partial charge on any atom is -0.492 e. The van der Waals surface area contributed by atoms with Crippen LogP contribution in [0.4, 0.5) is 0 Å². The predicted molar refractivity (Wildman–Crippen MR) is 181 cm³/mol. The zero-order chi connectivity index (χ0) is 29.5. The molecule has 0 radical (unpaired) electrons. The van der Waals surface area contributed by atoms with E-state index in [1.807, 2.05) is 0 Å². The Hall–Kier alpha value is -3.52. The lowest BCUT2D eigenvalue weighted by Gasteiger charge is -2.27. The number of hydrogen-bond donors (Lipinski definition) is 0. The fourth-order valence-corrected chi connectivity index (χ4v) is 8.51. The summed E-state index contributed by atoms with van der Waals surface area (Å²) in [6, 6.07) is 27.7. The third-order valence-electron chi connectivity index (χ3n) is 11.2. The molecule has 44 heavy (non-hydrogen) atoms. The Morgan fingerprint density at radius 3 is 1.43 bits per heavy atom. The summed E-state index contributed by atoms with van der Waals surface area (Å²) in [5.74, 6) is 3.88. The van der Waals surface area contributed by atoms with Gasteiger partial charge in [-0.1, -0.05) is 80.4 Å². The summed E-state index contributed by atoms with van der Waals surface area (Å²) >= 11 is 0. The third kappa shape index (κ3) is 5.35. The molecule has 2 nitrogen and oxygen atoms in total. The molecule has 0 unspecified atom stereocenters. The molecule has 4 aromatic rings. The third-order valence-corrected chi connectivity index (χ3v) is 11.2. The lowest BCUT2D eigenvalue weighted by atomic mass is 9.79. The summed E-state index contributed by atoms with van der Waals surface area (Å²) in [6.07, 6.45) is 15.1. The van der Waals surface area contributed by atoms with E-state index in [2.05, 4.69) is 79.7 Å². The predicted octanol–water partition coefficient (Wildman–Crippen LogP) is 10.6. The highest BCUT2D eigenvalue weighted by atomic mass is 16.5. The van der Waals surface area contributed by atoms with Gasteiger partial charge in [-0.3, -0.25) is 0 Å². The summed E-state index contributed by atoms with van der Waals surface area (Å²) in [7, 11) is 0. The van der Waals surface area contributed by atoms with Gasteiger partial charge in [0.15, 0.2) is 0 Å². The molecule has 0 N–H and O–H groups in total. The van der Waals surface area contributed by atoms with Crippen molar-refractivity contribution in [1.82, 2.24) is 0 Å². The largest absolute Gasteiger partial charge is 0.492 e. The van der Waals surface area contributed by atoms with Gasteiger partial charge in [0.25, 0.3) is 0 Å². The molecule has 8 rings (SSSR count). The smallest absolute Gasteiger partial charge is 0.127 e. The van der Waals surface area contributed by atoms with Crippen LogP contribution in [0.1, 0.15) is 104 Å². The first-order valence-corrected chi connectivity index (χ1v) is 17.5. The number of hydrogen-bond acceptors (Lipinski definition) is 2. The summed E-state index contributed by atoms with van der Waals surface area (Å²) in [5, 5.41) is 0. The van der Waals surface area contributed by atoms with Gasteiger partial charge in [0.2, 0.25) is 0 Å². The van der Waals surface area contributed by atoms with Crippen LogP contribution in [-0.4, -0.2) is 13.2 Å². The molecule has 0 spiro atoms. The van der Waals surface area contributed by atoms with E-state index in [0.717, 1.165) is 36.2 Å². The highest BCUT2D eigenvalue weighted by Gasteiger charge is 2.29. The Kier molecular flexibility index (Phi) is 7.70. The molecule has 4 aromatic carbocycles.